The van der Waals surface area contributed by atoms with Gasteiger partial charge in [0.15, 0.2) is 0 Å². The Kier molecular flexibility index (Phi) is 5.42. The first-order valence-corrected chi connectivity index (χ1v) is 8.77. The molecule has 0 aliphatic carbocycles. The van der Waals surface area contributed by atoms with Crippen molar-refractivity contribution in [2.45, 2.75) is 38.5 Å². The van der Waals surface area contributed by atoms with Gasteiger partial charge in [0, 0.05) is 24.6 Å². The monoisotopic (exact) mass is 341 g/mol. The Morgan fingerprint density at radius 1 is 1.16 bits per heavy atom. The Balaban J connectivity index is 1.86. The zero-order valence-electron chi connectivity index (χ0n) is 15.1. The Labute approximate surface area is 149 Å². The van der Waals surface area contributed by atoms with Crippen molar-refractivity contribution in [3.8, 4) is 5.75 Å². The second kappa shape index (κ2) is 7.56. The number of ether oxygens (including phenoxy) is 1. The molecule has 25 heavy (non-hydrogen) atoms. The number of aryl methyl sites for hydroxylation is 2. The molecular formula is C21H27NO3. The van der Waals surface area contributed by atoms with Crippen LogP contribution in [0.1, 0.15) is 28.2 Å². The molecule has 0 radical (unpaired) electrons. The number of aliphatic hydroxyl groups is 2. The molecule has 0 saturated carbocycles. The van der Waals surface area contributed by atoms with E-state index in [2.05, 4.69) is 36.1 Å². The summed E-state index contributed by atoms with van der Waals surface area (Å²) in [6, 6.07) is 14.1. The van der Waals surface area contributed by atoms with Crippen LogP contribution < -0.4 is 4.74 Å². The lowest BCUT2D eigenvalue weighted by molar-refractivity contribution is 0.0637. The third-order valence-corrected chi connectivity index (χ3v) is 5.30. The van der Waals surface area contributed by atoms with Crippen LogP contribution in [0.25, 0.3) is 0 Å². The summed E-state index contributed by atoms with van der Waals surface area (Å²) in [6.07, 6.45) is -0.581. The molecule has 1 aliphatic heterocycles. The van der Waals surface area contributed by atoms with E-state index >= 15 is 0 Å². The van der Waals surface area contributed by atoms with Gasteiger partial charge in [0.1, 0.15) is 5.75 Å². The first-order valence-electron chi connectivity index (χ1n) is 8.77. The summed E-state index contributed by atoms with van der Waals surface area (Å²) in [7, 11) is 1.68. The maximum atomic E-state index is 10.8. The molecular weight excluding hydrogens is 314 g/mol. The average molecular weight is 341 g/mol. The standard InChI is InChI=1S/C21H27NO3/c1-14-8-9-16(20(10-14)25-3)11-22-12-18(21(24)19(22)13-23)17-7-5-4-6-15(17)2/h4-10,18-19,21,23-24H,11-13H2,1-3H3/t18-,19-,21-/m1/s1. The fourth-order valence-corrected chi connectivity index (χ4v) is 3.87. The summed E-state index contributed by atoms with van der Waals surface area (Å²) in [5.74, 6) is 0.861. The first-order chi connectivity index (χ1) is 12.0. The van der Waals surface area contributed by atoms with Crippen LogP contribution in [0.2, 0.25) is 0 Å². The molecule has 0 spiro atoms. The zero-order valence-corrected chi connectivity index (χ0v) is 15.1. The molecule has 3 atom stereocenters. The van der Waals surface area contributed by atoms with Gasteiger partial charge in [0.2, 0.25) is 0 Å². The van der Waals surface area contributed by atoms with Crippen LogP contribution in [0.4, 0.5) is 0 Å². The smallest absolute Gasteiger partial charge is 0.123 e. The molecule has 0 amide bonds. The van der Waals surface area contributed by atoms with Crippen molar-refractivity contribution in [1.82, 2.24) is 4.90 Å². The Hall–Kier alpha value is -1.88. The molecule has 0 aromatic heterocycles. The van der Waals surface area contributed by atoms with Gasteiger partial charge in [0.25, 0.3) is 0 Å². The first kappa shape index (κ1) is 17.9. The molecule has 4 nitrogen and oxygen atoms in total. The fourth-order valence-electron chi connectivity index (χ4n) is 3.87. The molecule has 2 aromatic carbocycles. The van der Waals surface area contributed by atoms with Gasteiger partial charge < -0.3 is 14.9 Å². The van der Waals surface area contributed by atoms with E-state index in [0.717, 1.165) is 22.4 Å². The molecule has 1 saturated heterocycles. The second-order valence-corrected chi connectivity index (χ2v) is 6.95. The predicted molar refractivity (Wildman–Crippen MR) is 98.9 cm³/mol. The predicted octanol–water partition coefficient (Wildman–Crippen LogP) is 2.63. The van der Waals surface area contributed by atoms with Crippen molar-refractivity contribution in [3.05, 3.63) is 64.7 Å². The number of aliphatic hydroxyl groups excluding tert-OH is 2. The minimum Gasteiger partial charge on any atom is -0.496 e. The van der Waals surface area contributed by atoms with Crippen molar-refractivity contribution in [2.75, 3.05) is 20.3 Å². The lowest BCUT2D eigenvalue weighted by Gasteiger charge is -2.25. The Bertz CT molecular complexity index is 731. The average Bonchev–Trinajstić information content (AvgIpc) is 2.92. The third-order valence-electron chi connectivity index (χ3n) is 5.30. The number of rotatable bonds is 5. The summed E-state index contributed by atoms with van der Waals surface area (Å²) < 4.78 is 5.51. The molecule has 0 bridgehead atoms. The van der Waals surface area contributed by atoms with Gasteiger partial charge in [0.05, 0.1) is 25.9 Å². The van der Waals surface area contributed by atoms with E-state index in [9.17, 15) is 10.2 Å². The van der Waals surface area contributed by atoms with Crippen LogP contribution >= 0.6 is 0 Å². The number of likely N-dealkylation sites (tertiary alicyclic amines) is 1. The van der Waals surface area contributed by atoms with Crippen LogP contribution in [0, 0.1) is 13.8 Å². The largest absolute Gasteiger partial charge is 0.496 e. The maximum Gasteiger partial charge on any atom is 0.123 e. The van der Waals surface area contributed by atoms with E-state index in [0.29, 0.717) is 13.1 Å². The topological polar surface area (TPSA) is 52.9 Å². The molecule has 2 N–H and O–H groups in total. The highest BCUT2D eigenvalue weighted by Crippen LogP contribution is 2.35. The molecule has 4 heteroatoms. The SMILES string of the molecule is COc1cc(C)ccc1CN1C[C@H](c2ccccc2C)[C@@H](O)[C@H]1CO. The Morgan fingerprint density at radius 3 is 2.60 bits per heavy atom. The molecule has 3 rings (SSSR count). The minimum atomic E-state index is -0.581. The quantitative estimate of drug-likeness (QED) is 0.878. The number of hydrogen-bond acceptors (Lipinski definition) is 4. The zero-order chi connectivity index (χ0) is 18.0. The van der Waals surface area contributed by atoms with Crippen molar-refractivity contribution < 1.29 is 14.9 Å². The summed E-state index contributed by atoms with van der Waals surface area (Å²) in [6.45, 7) is 5.42. The Morgan fingerprint density at radius 2 is 1.92 bits per heavy atom. The van der Waals surface area contributed by atoms with Crippen molar-refractivity contribution in [2.24, 2.45) is 0 Å². The van der Waals surface area contributed by atoms with Gasteiger partial charge in [-0.05, 0) is 36.6 Å². The highest BCUT2D eigenvalue weighted by atomic mass is 16.5. The molecule has 1 fully saturated rings. The van der Waals surface area contributed by atoms with Gasteiger partial charge in [-0.25, -0.2) is 0 Å². The van der Waals surface area contributed by atoms with E-state index in [1.54, 1.807) is 7.11 Å². The third kappa shape index (κ3) is 3.56. The van der Waals surface area contributed by atoms with Gasteiger partial charge in [-0.2, -0.15) is 0 Å². The number of hydrogen-bond donors (Lipinski definition) is 2. The maximum absolute atomic E-state index is 10.8. The van der Waals surface area contributed by atoms with Gasteiger partial charge >= 0.3 is 0 Å². The molecule has 134 valence electrons. The number of nitrogens with zero attached hydrogens (tertiary/aromatic N) is 1. The normalized spacial score (nSPS) is 23.8. The molecule has 2 aromatic rings. The van der Waals surface area contributed by atoms with E-state index < -0.39 is 6.10 Å². The highest BCUT2D eigenvalue weighted by Gasteiger charge is 2.41. The van der Waals surface area contributed by atoms with E-state index in [1.807, 2.05) is 25.1 Å². The van der Waals surface area contributed by atoms with Crippen molar-refractivity contribution in [3.63, 3.8) is 0 Å². The lowest BCUT2D eigenvalue weighted by atomic mass is 9.90. The van der Waals surface area contributed by atoms with Crippen molar-refractivity contribution in [1.29, 1.82) is 0 Å². The number of benzene rings is 2. The van der Waals surface area contributed by atoms with E-state index in [1.165, 1.54) is 5.56 Å². The number of methoxy groups -OCH3 is 1. The van der Waals surface area contributed by atoms with Crippen LogP contribution in [-0.4, -0.2) is 47.5 Å². The lowest BCUT2D eigenvalue weighted by Crippen LogP contribution is -2.38. The summed E-state index contributed by atoms with van der Waals surface area (Å²) >= 11 is 0. The van der Waals surface area contributed by atoms with E-state index in [4.69, 9.17) is 4.74 Å². The minimum absolute atomic E-state index is 0.00907. The second-order valence-electron chi connectivity index (χ2n) is 6.95. The summed E-state index contributed by atoms with van der Waals surface area (Å²) in [5.41, 5.74) is 4.56. The van der Waals surface area contributed by atoms with Gasteiger partial charge in [-0.1, -0.05) is 36.4 Å². The summed E-state index contributed by atoms with van der Waals surface area (Å²) in [5, 5.41) is 20.7. The van der Waals surface area contributed by atoms with Gasteiger partial charge in [-0.15, -0.1) is 0 Å². The molecule has 1 heterocycles. The van der Waals surface area contributed by atoms with Crippen LogP contribution in [0.5, 0.6) is 5.75 Å². The molecule has 0 unspecified atom stereocenters. The van der Waals surface area contributed by atoms with E-state index in [-0.39, 0.29) is 18.6 Å². The molecule has 1 aliphatic rings. The fraction of sp³-hybridized carbons (Fsp3) is 0.429. The summed E-state index contributed by atoms with van der Waals surface area (Å²) in [4.78, 5) is 2.16. The van der Waals surface area contributed by atoms with Crippen molar-refractivity contribution >= 4 is 0 Å². The van der Waals surface area contributed by atoms with Crippen LogP contribution in [0.15, 0.2) is 42.5 Å². The van der Waals surface area contributed by atoms with Crippen LogP contribution in [-0.2, 0) is 6.54 Å². The van der Waals surface area contributed by atoms with Crippen LogP contribution in [0.3, 0.4) is 0 Å². The van der Waals surface area contributed by atoms with Gasteiger partial charge in [-0.3, -0.25) is 4.90 Å². The highest BCUT2D eigenvalue weighted by molar-refractivity contribution is 5.38.